The molecule has 2 aliphatic carbocycles. The number of nitrogens with one attached hydrogen (secondary N) is 1. The quantitative estimate of drug-likeness (QED) is 0.872. The SMILES string of the molecule is O=C(C[C@H]1CC2(CCN(C(=O)c3ccncc3)CC2)c2ccccc21)NC1CC1. The van der Waals surface area contributed by atoms with Crippen molar-refractivity contribution in [1.29, 1.82) is 0 Å². The van der Waals surface area contributed by atoms with Crippen molar-refractivity contribution in [3.8, 4) is 0 Å². The predicted molar refractivity (Wildman–Crippen MR) is 111 cm³/mol. The zero-order chi connectivity index (χ0) is 19.8. The molecule has 0 bridgehead atoms. The minimum atomic E-state index is 0.0916. The Labute approximate surface area is 171 Å². The van der Waals surface area contributed by atoms with E-state index in [0.29, 0.717) is 18.0 Å². The molecular weight excluding hydrogens is 362 g/mol. The molecule has 1 aromatic heterocycles. The minimum Gasteiger partial charge on any atom is -0.353 e. The summed E-state index contributed by atoms with van der Waals surface area (Å²) in [5, 5.41) is 3.15. The van der Waals surface area contributed by atoms with Gasteiger partial charge in [0, 0.05) is 43.5 Å². The van der Waals surface area contributed by atoms with Gasteiger partial charge in [0.25, 0.3) is 5.91 Å². The molecule has 5 nitrogen and oxygen atoms in total. The molecular formula is C24H27N3O2. The van der Waals surface area contributed by atoms with E-state index in [2.05, 4.69) is 34.6 Å². The Hall–Kier alpha value is -2.69. The summed E-state index contributed by atoms with van der Waals surface area (Å²) in [5.41, 5.74) is 3.54. The zero-order valence-electron chi connectivity index (χ0n) is 16.6. The highest BCUT2D eigenvalue weighted by molar-refractivity contribution is 5.94. The van der Waals surface area contributed by atoms with E-state index in [1.165, 1.54) is 11.1 Å². The molecule has 1 spiro atoms. The number of carbonyl (C=O) groups is 2. The van der Waals surface area contributed by atoms with Gasteiger partial charge in [-0.05, 0) is 66.7 Å². The minimum absolute atomic E-state index is 0.0916. The third-order valence-corrected chi connectivity index (χ3v) is 6.92. The highest BCUT2D eigenvalue weighted by Crippen LogP contribution is 2.52. The van der Waals surface area contributed by atoms with E-state index in [4.69, 9.17) is 0 Å². The Morgan fingerprint density at radius 1 is 1.07 bits per heavy atom. The number of likely N-dealkylation sites (tertiary alicyclic amines) is 1. The summed E-state index contributed by atoms with van der Waals surface area (Å²) in [7, 11) is 0. The number of aromatic nitrogens is 1. The topological polar surface area (TPSA) is 62.3 Å². The van der Waals surface area contributed by atoms with Gasteiger partial charge in [-0.3, -0.25) is 14.6 Å². The normalized spacial score (nSPS) is 22.3. The summed E-state index contributed by atoms with van der Waals surface area (Å²) in [5.74, 6) is 0.566. The van der Waals surface area contributed by atoms with Crippen molar-refractivity contribution in [2.45, 2.75) is 55.9 Å². The lowest BCUT2D eigenvalue weighted by atomic mass is 9.73. The Kier molecular flexibility index (Phi) is 4.61. The third kappa shape index (κ3) is 3.54. The van der Waals surface area contributed by atoms with Crippen LogP contribution in [0.5, 0.6) is 0 Å². The summed E-state index contributed by atoms with van der Waals surface area (Å²) in [6, 6.07) is 12.6. The maximum Gasteiger partial charge on any atom is 0.253 e. The van der Waals surface area contributed by atoms with Gasteiger partial charge < -0.3 is 10.2 Å². The Morgan fingerprint density at radius 3 is 2.52 bits per heavy atom. The van der Waals surface area contributed by atoms with Crippen molar-refractivity contribution in [2.75, 3.05) is 13.1 Å². The average molecular weight is 389 g/mol. The van der Waals surface area contributed by atoms with Gasteiger partial charge in [-0.25, -0.2) is 0 Å². The summed E-state index contributed by atoms with van der Waals surface area (Å²) in [4.78, 5) is 31.2. The number of hydrogen-bond acceptors (Lipinski definition) is 3. The fraction of sp³-hybridized carbons (Fsp3) is 0.458. The first kappa shape index (κ1) is 18.3. The number of benzene rings is 1. The molecule has 3 aliphatic rings. The molecule has 5 heteroatoms. The first-order chi connectivity index (χ1) is 14.1. The van der Waals surface area contributed by atoms with Crippen molar-refractivity contribution in [3.05, 3.63) is 65.5 Å². The van der Waals surface area contributed by atoms with Crippen LogP contribution < -0.4 is 5.32 Å². The maximum atomic E-state index is 12.8. The molecule has 29 heavy (non-hydrogen) atoms. The molecule has 0 unspecified atom stereocenters. The van der Waals surface area contributed by atoms with E-state index >= 15 is 0 Å². The number of amides is 2. The fourth-order valence-electron chi connectivity index (χ4n) is 5.24. The number of pyridine rings is 1. The van der Waals surface area contributed by atoms with Crippen molar-refractivity contribution >= 4 is 11.8 Å². The lowest BCUT2D eigenvalue weighted by molar-refractivity contribution is -0.121. The van der Waals surface area contributed by atoms with Crippen molar-refractivity contribution in [2.24, 2.45) is 0 Å². The van der Waals surface area contributed by atoms with Crippen molar-refractivity contribution < 1.29 is 9.59 Å². The Morgan fingerprint density at radius 2 is 1.79 bits per heavy atom. The lowest BCUT2D eigenvalue weighted by Gasteiger charge is -2.40. The van der Waals surface area contributed by atoms with E-state index < -0.39 is 0 Å². The second-order valence-corrected chi connectivity index (χ2v) is 8.84. The summed E-state index contributed by atoms with van der Waals surface area (Å²) < 4.78 is 0. The van der Waals surface area contributed by atoms with Crippen LogP contribution in [-0.2, 0) is 10.2 Å². The molecule has 2 heterocycles. The molecule has 1 aliphatic heterocycles. The highest BCUT2D eigenvalue weighted by Gasteiger charge is 2.46. The van der Waals surface area contributed by atoms with E-state index in [1.54, 1.807) is 24.5 Å². The van der Waals surface area contributed by atoms with Crippen molar-refractivity contribution in [3.63, 3.8) is 0 Å². The largest absolute Gasteiger partial charge is 0.353 e. The zero-order valence-corrected chi connectivity index (χ0v) is 16.6. The molecule has 2 aromatic rings. The van der Waals surface area contributed by atoms with Gasteiger partial charge in [-0.15, -0.1) is 0 Å². The number of carbonyl (C=O) groups excluding carboxylic acids is 2. The smallest absolute Gasteiger partial charge is 0.253 e. The molecule has 1 saturated carbocycles. The number of rotatable bonds is 4. The predicted octanol–water partition coefficient (Wildman–Crippen LogP) is 3.41. The number of piperidine rings is 1. The second-order valence-electron chi connectivity index (χ2n) is 8.84. The van der Waals surface area contributed by atoms with Gasteiger partial charge in [-0.1, -0.05) is 24.3 Å². The number of nitrogens with zero attached hydrogens (tertiary/aromatic N) is 2. The maximum absolute atomic E-state index is 12.8. The van der Waals surface area contributed by atoms with Crippen LogP contribution in [0, 0.1) is 0 Å². The second kappa shape index (κ2) is 7.29. The van der Waals surface area contributed by atoms with Crippen LogP contribution in [0.2, 0.25) is 0 Å². The number of fused-ring (bicyclic) bond motifs is 2. The molecule has 0 radical (unpaired) electrons. The van der Waals surface area contributed by atoms with Crippen LogP contribution in [0.4, 0.5) is 0 Å². The molecule has 1 aromatic carbocycles. The summed E-state index contributed by atoms with van der Waals surface area (Å²) in [6.45, 7) is 1.52. The lowest BCUT2D eigenvalue weighted by Crippen LogP contribution is -2.44. The Bertz CT molecular complexity index is 915. The molecule has 150 valence electrons. The third-order valence-electron chi connectivity index (χ3n) is 6.92. The van der Waals surface area contributed by atoms with E-state index in [9.17, 15) is 9.59 Å². The van der Waals surface area contributed by atoms with Gasteiger partial charge in [0.1, 0.15) is 0 Å². The monoisotopic (exact) mass is 389 g/mol. The van der Waals surface area contributed by atoms with Gasteiger partial charge >= 0.3 is 0 Å². The van der Waals surface area contributed by atoms with Gasteiger partial charge in [0.2, 0.25) is 5.91 Å². The summed E-state index contributed by atoms with van der Waals surface area (Å²) in [6.07, 6.45) is 9.10. The molecule has 1 atom stereocenters. The van der Waals surface area contributed by atoms with E-state index in [0.717, 1.165) is 45.2 Å². The molecule has 1 N–H and O–H groups in total. The van der Waals surface area contributed by atoms with E-state index in [1.807, 2.05) is 4.90 Å². The van der Waals surface area contributed by atoms with Crippen LogP contribution >= 0.6 is 0 Å². The number of hydrogen-bond donors (Lipinski definition) is 1. The summed E-state index contributed by atoms with van der Waals surface area (Å²) >= 11 is 0. The molecule has 5 rings (SSSR count). The van der Waals surface area contributed by atoms with Crippen LogP contribution in [0.3, 0.4) is 0 Å². The fourth-order valence-corrected chi connectivity index (χ4v) is 5.24. The molecule has 2 amide bonds. The van der Waals surface area contributed by atoms with Gasteiger partial charge in [0.15, 0.2) is 0 Å². The van der Waals surface area contributed by atoms with Crippen LogP contribution in [0.25, 0.3) is 0 Å². The average Bonchev–Trinajstić information content (AvgIpc) is 3.53. The van der Waals surface area contributed by atoms with Gasteiger partial charge in [-0.2, -0.15) is 0 Å². The van der Waals surface area contributed by atoms with Crippen molar-refractivity contribution in [1.82, 2.24) is 15.2 Å². The van der Waals surface area contributed by atoms with Gasteiger partial charge in [0.05, 0.1) is 0 Å². The molecule has 1 saturated heterocycles. The molecule has 2 fully saturated rings. The first-order valence-electron chi connectivity index (χ1n) is 10.7. The van der Waals surface area contributed by atoms with E-state index in [-0.39, 0.29) is 23.1 Å². The highest BCUT2D eigenvalue weighted by atomic mass is 16.2. The van der Waals surface area contributed by atoms with Crippen LogP contribution in [0.15, 0.2) is 48.8 Å². The van der Waals surface area contributed by atoms with Crippen LogP contribution in [0.1, 0.15) is 65.9 Å². The first-order valence-corrected chi connectivity index (χ1v) is 10.7. The van der Waals surface area contributed by atoms with Crippen LogP contribution in [-0.4, -0.2) is 40.8 Å². The Balaban J connectivity index is 1.31. The standard InChI is InChI=1S/C24H27N3O2/c28-22(26-19-5-6-19)15-18-16-24(21-4-2-1-3-20(18)21)9-13-27(14-10-24)23(29)17-7-11-25-12-8-17/h1-4,7-8,11-12,18-19H,5-6,9-10,13-16H2,(H,26,28)/t18-/m0/s1.